The highest BCUT2D eigenvalue weighted by Crippen LogP contribution is 2.33. The van der Waals surface area contributed by atoms with Gasteiger partial charge in [-0.05, 0) is 59.9 Å². The van der Waals surface area contributed by atoms with Crippen molar-refractivity contribution >= 4 is 46.5 Å². The van der Waals surface area contributed by atoms with Crippen LogP contribution in [0.5, 0.6) is 0 Å². The van der Waals surface area contributed by atoms with E-state index in [4.69, 9.17) is 28.9 Å². The van der Waals surface area contributed by atoms with Crippen molar-refractivity contribution in [1.29, 1.82) is 0 Å². The van der Waals surface area contributed by atoms with E-state index >= 15 is 0 Å². The third kappa shape index (κ3) is 4.81. The molecule has 1 aromatic carbocycles. The molecule has 2 heterocycles. The Morgan fingerprint density at radius 1 is 1.27 bits per heavy atom. The number of amides is 1. The predicted molar refractivity (Wildman–Crippen MR) is 128 cm³/mol. The first kappa shape index (κ1) is 22.7. The molecule has 0 saturated heterocycles. The van der Waals surface area contributed by atoms with Crippen LogP contribution in [0.25, 0.3) is 0 Å². The SMILES string of the molecule is CN(C(=O)O)c1cnc(NNC(=S)NC2c3cnccc3CCc3c(F)cccc32)c(Cl)c1. The molecule has 1 aliphatic rings. The summed E-state index contributed by atoms with van der Waals surface area (Å²) in [5.41, 5.74) is 9.40. The summed E-state index contributed by atoms with van der Waals surface area (Å²) in [6, 6.07) is 8.01. The maximum Gasteiger partial charge on any atom is 0.411 e. The van der Waals surface area contributed by atoms with Gasteiger partial charge in [-0.25, -0.2) is 14.2 Å². The number of aryl methyl sites for hydroxylation is 1. The first-order valence-corrected chi connectivity index (χ1v) is 10.8. The summed E-state index contributed by atoms with van der Waals surface area (Å²) in [6.45, 7) is 0. The van der Waals surface area contributed by atoms with Crippen molar-refractivity contribution < 1.29 is 14.3 Å². The Morgan fingerprint density at radius 2 is 2.09 bits per heavy atom. The molecule has 0 spiro atoms. The van der Waals surface area contributed by atoms with E-state index in [1.54, 1.807) is 18.5 Å². The Labute approximate surface area is 199 Å². The molecule has 1 amide bonds. The second kappa shape index (κ2) is 9.55. The van der Waals surface area contributed by atoms with Gasteiger partial charge in [0.05, 0.1) is 22.9 Å². The maximum absolute atomic E-state index is 14.6. The van der Waals surface area contributed by atoms with Gasteiger partial charge >= 0.3 is 6.09 Å². The van der Waals surface area contributed by atoms with Crippen LogP contribution in [-0.2, 0) is 12.8 Å². The van der Waals surface area contributed by atoms with Gasteiger partial charge in [-0.3, -0.25) is 20.7 Å². The van der Waals surface area contributed by atoms with E-state index in [0.29, 0.717) is 24.1 Å². The van der Waals surface area contributed by atoms with Crippen molar-refractivity contribution in [2.24, 2.45) is 0 Å². The van der Waals surface area contributed by atoms with Crippen molar-refractivity contribution in [3.05, 3.63) is 82.0 Å². The standard InChI is InChI=1S/C22H20ClFN6O2S/c1-30(22(31)32)13-9-17(23)20(26-10-13)28-29-21(33)27-19-15-3-2-4-18(24)14(15)6-5-12-7-8-25-11-16(12)19/h2-4,7-11,19H,5-6H2,1H3,(H,26,28)(H,31,32)(H2,27,29,33). The molecule has 1 aliphatic carbocycles. The van der Waals surface area contributed by atoms with Gasteiger partial charge in [0.1, 0.15) is 5.82 Å². The molecule has 33 heavy (non-hydrogen) atoms. The van der Waals surface area contributed by atoms with Crippen LogP contribution < -0.4 is 21.1 Å². The number of hydrazine groups is 1. The number of hydrogen-bond acceptors (Lipinski definition) is 5. The number of carbonyl (C=O) groups is 1. The third-order valence-electron chi connectivity index (χ3n) is 5.44. The number of fused-ring (bicyclic) bond motifs is 2. The minimum absolute atomic E-state index is 0.201. The van der Waals surface area contributed by atoms with Gasteiger partial charge in [-0.2, -0.15) is 0 Å². The van der Waals surface area contributed by atoms with Gasteiger partial charge < -0.3 is 10.4 Å². The highest BCUT2D eigenvalue weighted by molar-refractivity contribution is 7.80. The molecule has 0 aliphatic heterocycles. The van der Waals surface area contributed by atoms with Crippen LogP contribution in [-0.4, -0.2) is 33.3 Å². The van der Waals surface area contributed by atoms with Crippen molar-refractivity contribution in [2.45, 2.75) is 18.9 Å². The normalized spacial score (nSPS) is 14.3. The third-order valence-corrected chi connectivity index (χ3v) is 5.95. The molecular weight excluding hydrogens is 467 g/mol. The Hall–Kier alpha value is -3.50. The Bertz CT molecular complexity index is 1230. The van der Waals surface area contributed by atoms with Crippen LogP contribution in [0, 0.1) is 5.82 Å². The first-order valence-electron chi connectivity index (χ1n) is 10.00. The smallest absolute Gasteiger partial charge is 0.411 e. The summed E-state index contributed by atoms with van der Waals surface area (Å²) in [5.74, 6) is 0.0113. The molecule has 1 unspecified atom stereocenters. The number of halogens is 2. The van der Waals surface area contributed by atoms with Gasteiger partial charge in [-0.1, -0.05) is 23.7 Å². The number of pyridine rings is 2. The molecule has 0 fully saturated rings. The summed E-state index contributed by atoms with van der Waals surface area (Å²) >= 11 is 11.7. The quantitative estimate of drug-likeness (QED) is 0.323. The van der Waals surface area contributed by atoms with Crippen molar-refractivity contribution in [3.8, 4) is 0 Å². The molecular formula is C22H20ClFN6O2S. The van der Waals surface area contributed by atoms with Crippen LogP contribution >= 0.6 is 23.8 Å². The zero-order valence-corrected chi connectivity index (χ0v) is 19.0. The van der Waals surface area contributed by atoms with Crippen LogP contribution in [0.4, 0.5) is 20.7 Å². The van der Waals surface area contributed by atoms with E-state index in [1.165, 1.54) is 25.4 Å². The molecule has 3 aromatic rings. The summed E-state index contributed by atoms with van der Waals surface area (Å²) in [7, 11) is 1.39. The molecule has 4 N–H and O–H groups in total. The van der Waals surface area contributed by atoms with Crippen LogP contribution in [0.15, 0.2) is 48.9 Å². The second-order valence-corrected chi connectivity index (χ2v) is 8.22. The Morgan fingerprint density at radius 3 is 2.85 bits per heavy atom. The molecule has 170 valence electrons. The van der Waals surface area contributed by atoms with Crippen molar-refractivity contribution in [3.63, 3.8) is 0 Å². The number of nitrogens with one attached hydrogen (secondary N) is 3. The topological polar surface area (TPSA) is 102 Å². The lowest BCUT2D eigenvalue weighted by Crippen LogP contribution is -2.41. The number of thiocarbonyl (C=S) groups is 1. The zero-order chi connectivity index (χ0) is 23.5. The molecule has 11 heteroatoms. The van der Waals surface area contributed by atoms with E-state index in [-0.39, 0.29) is 21.8 Å². The van der Waals surface area contributed by atoms with Crippen molar-refractivity contribution in [1.82, 2.24) is 20.7 Å². The van der Waals surface area contributed by atoms with E-state index in [1.807, 2.05) is 12.1 Å². The number of nitrogens with zero attached hydrogens (tertiary/aromatic N) is 3. The van der Waals surface area contributed by atoms with Gasteiger partial charge in [-0.15, -0.1) is 0 Å². The minimum Gasteiger partial charge on any atom is -0.465 e. The molecule has 0 bridgehead atoms. The molecule has 4 rings (SSSR count). The number of rotatable bonds is 4. The van der Waals surface area contributed by atoms with Crippen LogP contribution in [0.1, 0.15) is 28.3 Å². The monoisotopic (exact) mass is 486 g/mol. The van der Waals surface area contributed by atoms with Crippen LogP contribution in [0.3, 0.4) is 0 Å². The summed E-state index contributed by atoms with van der Waals surface area (Å²) < 4.78 is 14.6. The molecule has 8 nitrogen and oxygen atoms in total. The Balaban J connectivity index is 1.52. The minimum atomic E-state index is -1.13. The van der Waals surface area contributed by atoms with Crippen molar-refractivity contribution in [2.75, 3.05) is 17.4 Å². The fourth-order valence-electron chi connectivity index (χ4n) is 3.71. The number of aromatic nitrogens is 2. The largest absolute Gasteiger partial charge is 0.465 e. The maximum atomic E-state index is 14.6. The van der Waals surface area contributed by atoms with Gasteiger partial charge in [0.25, 0.3) is 0 Å². The Kier molecular flexibility index (Phi) is 6.57. The lowest BCUT2D eigenvalue weighted by atomic mass is 9.96. The number of anilines is 2. The molecule has 0 radical (unpaired) electrons. The average Bonchev–Trinajstić information content (AvgIpc) is 2.96. The lowest BCUT2D eigenvalue weighted by Gasteiger charge is -2.24. The van der Waals surface area contributed by atoms with Gasteiger partial charge in [0, 0.05) is 25.0 Å². The number of carboxylic acid groups (broad SMARTS) is 1. The predicted octanol–water partition coefficient (Wildman–Crippen LogP) is 4.06. The van der Waals surface area contributed by atoms with E-state index < -0.39 is 12.1 Å². The second-order valence-electron chi connectivity index (χ2n) is 7.40. The number of hydrogen-bond donors (Lipinski definition) is 4. The van der Waals surface area contributed by atoms with E-state index in [2.05, 4.69) is 26.1 Å². The highest BCUT2D eigenvalue weighted by atomic mass is 35.5. The summed E-state index contributed by atoms with van der Waals surface area (Å²) in [5, 5.41) is 12.7. The fraction of sp³-hybridized carbons (Fsp3) is 0.182. The fourth-order valence-corrected chi connectivity index (χ4v) is 4.09. The number of benzene rings is 1. The van der Waals surface area contributed by atoms with Gasteiger partial charge in [0.2, 0.25) is 0 Å². The molecule has 1 atom stereocenters. The highest BCUT2D eigenvalue weighted by Gasteiger charge is 2.26. The average molecular weight is 487 g/mol. The molecule has 0 saturated carbocycles. The first-order chi connectivity index (χ1) is 15.8. The summed E-state index contributed by atoms with van der Waals surface area (Å²) in [6.07, 6.45) is 4.99. The molecule has 2 aromatic heterocycles. The lowest BCUT2D eigenvalue weighted by molar-refractivity contribution is 0.203. The summed E-state index contributed by atoms with van der Waals surface area (Å²) in [4.78, 5) is 20.5. The van der Waals surface area contributed by atoms with E-state index in [9.17, 15) is 9.18 Å². The zero-order valence-electron chi connectivity index (χ0n) is 17.5. The van der Waals surface area contributed by atoms with Crippen LogP contribution in [0.2, 0.25) is 5.02 Å². The van der Waals surface area contributed by atoms with Gasteiger partial charge in [0.15, 0.2) is 10.9 Å². The van der Waals surface area contributed by atoms with E-state index in [0.717, 1.165) is 21.6 Å².